The van der Waals surface area contributed by atoms with Crippen molar-refractivity contribution in [3.05, 3.63) is 16.3 Å². The highest BCUT2D eigenvalue weighted by molar-refractivity contribution is 7.89. The molecule has 0 spiro atoms. The summed E-state index contributed by atoms with van der Waals surface area (Å²) in [6.07, 6.45) is 4.18. The van der Waals surface area contributed by atoms with Crippen LogP contribution in [0.15, 0.2) is 16.3 Å². The van der Waals surface area contributed by atoms with Crippen molar-refractivity contribution in [2.24, 2.45) is 5.41 Å². The van der Waals surface area contributed by atoms with Crippen LogP contribution in [0.1, 0.15) is 44.4 Å². The summed E-state index contributed by atoms with van der Waals surface area (Å²) in [5.41, 5.74) is 0.00114. The maximum Gasteiger partial charge on any atom is 0.241 e. The molecule has 1 saturated carbocycles. The molecule has 1 heterocycles. The summed E-state index contributed by atoms with van der Waals surface area (Å²) in [4.78, 5) is 0.936. The number of rotatable bonds is 4. The van der Waals surface area contributed by atoms with Crippen LogP contribution in [0.5, 0.6) is 0 Å². The second kappa shape index (κ2) is 5.52. The van der Waals surface area contributed by atoms with Gasteiger partial charge in [-0.2, -0.15) is 0 Å². The summed E-state index contributed by atoms with van der Waals surface area (Å²) < 4.78 is 27.5. The lowest BCUT2D eigenvalue weighted by Crippen LogP contribution is -2.46. The Hall–Kier alpha value is -0.430. The normalized spacial score (nSPS) is 23.4. The SMILES string of the molecule is CC1(C)CCCCC1NS(=O)(=O)c1csc(CO)c1. The van der Waals surface area contributed by atoms with Crippen molar-refractivity contribution < 1.29 is 13.5 Å². The quantitative estimate of drug-likeness (QED) is 0.898. The lowest BCUT2D eigenvalue weighted by Gasteiger charge is -2.38. The fourth-order valence-electron chi connectivity index (χ4n) is 2.55. The average Bonchev–Trinajstić information content (AvgIpc) is 2.81. The fourth-order valence-corrected chi connectivity index (χ4v) is 5.13. The van der Waals surface area contributed by atoms with Crippen LogP contribution in [0.2, 0.25) is 0 Å². The van der Waals surface area contributed by atoms with Crippen molar-refractivity contribution in [1.29, 1.82) is 0 Å². The highest BCUT2D eigenvalue weighted by Crippen LogP contribution is 2.36. The van der Waals surface area contributed by atoms with Gasteiger partial charge in [-0.3, -0.25) is 0 Å². The van der Waals surface area contributed by atoms with Crippen molar-refractivity contribution in [1.82, 2.24) is 4.72 Å². The van der Waals surface area contributed by atoms with Gasteiger partial charge < -0.3 is 5.11 Å². The number of nitrogens with one attached hydrogen (secondary N) is 1. The van der Waals surface area contributed by atoms with Gasteiger partial charge in [-0.25, -0.2) is 13.1 Å². The first-order valence-electron chi connectivity index (χ1n) is 6.56. The van der Waals surface area contributed by atoms with Crippen molar-refractivity contribution in [3.8, 4) is 0 Å². The van der Waals surface area contributed by atoms with Gasteiger partial charge in [0.1, 0.15) is 0 Å². The van der Waals surface area contributed by atoms with E-state index in [4.69, 9.17) is 5.11 Å². The second-order valence-electron chi connectivity index (χ2n) is 5.82. The Balaban J connectivity index is 2.16. The van der Waals surface area contributed by atoms with Crippen LogP contribution in [0, 0.1) is 5.41 Å². The summed E-state index contributed by atoms with van der Waals surface area (Å²) in [7, 11) is -3.47. The minimum absolute atomic E-state index is 0.00114. The van der Waals surface area contributed by atoms with Gasteiger partial charge in [-0.1, -0.05) is 26.7 Å². The zero-order chi connectivity index (χ0) is 14.1. The third-order valence-corrected chi connectivity index (χ3v) is 6.42. The number of sulfonamides is 1. The lowest BCUT2D eigenvalue weighted by molar-refractivity contribution is 0.188. The third-order valence-electron chi connectivity index (χ3n) is 3.90. The molecule has 4 nitrogen and oxygen atoms in total. The molecular weight excluding hydrogens is 282 g/mol. The van der Waals surface area contributed by atoms with Crippen molar-refractivity contribution in [2.45, 2.75) is 57.1 Å². The van der Waals surface area contributed by atoms with Gasteiger partial charge in [-0.05, 0) is 24.3 Å². The summed E-state index contributed by atoms with van der Waals surface area (Å²) in [6.45, 7) is 4.12. The molecular formula is C13H21NO3S2. The molecule has 19 heavy (non-hydrogen) atoms. The van der Waals surface area contributed by atoms with Gasteiger partial charge in [0, 0.05) is 16.3 Å². The molecule has 1 aromatic rings. The number of hydrogen-bond acceptors (Lipinski definition) is 4. The van der Waals surface area contributed by atoms with E-state index in [1.807, 2.05) is 0 Å². The van der Waals surface area contributed by atoms with Gasteiger partial charge in [-0.15, -0.1) is 11.3 Å². The molecule has 1 aliphatic rings. The van der Waals surface area contributed by atoms with Crippen LogP contribution < -0.4 is 4.72 Å². The summed E-state index contributed by atoms with van der Waals surface area (Å²) in [5, 5.41) is 10.6. The molecule has 0 aliphatic heterocycles. The first-order chi connectivity index (χ1) is 8.85. The minimum Gasteiger partial charge on any atom is -0.391 e. The van der Waals surface area contributed by atoms with Crippen LogP contribution in [-0.2, 0) is 16.6 Å². The largest absolute Gasteiger partial charge is 0.391 e. The number of hydrogen-bond donors (Lipinski definition) is 2. The topological polar surface area (TPSA) is 66.4 Å². The van der Waals surface area contributed by atoms with Crippen LogP contribution in [-0.4, -0.2) is 19.6 Å². The van der Waals surface area contributed by atoms with Gasteiger partial charge in [0.05, 0.1) is 11.5 Å². The predicted octanol–water partition coefficient (Wildman–Crippen LogP) is 2.49. The summed E-state index contributed by atoms with van der Waals surface area (Å²) in [6, 6.07) is 1.53. The average molecular weight is 303 g/mol. The minimum atomic E-state index is -3.47. The zero-order valence-electron chi connectivity index (χ0n) is 11.3. The first-order valence-corrected chi connectivity index (χ1v) is 8.92. The van der Waals surface area contributed by atoms with E-state index in [-0.39, 0.29) is 23.0 Å². The van der Waals surface area contributed by atoms with Crippen molar-refractivity contribution >= 4 is 21.4 Å². The standard InChI is InChI=1S/C13H21NO3S2/c1-13(2)6-4-3-5-12(13)14-19(16,17)11-7-10(8-15)18-9-11/h7,9,12,14-15H,3-6,8H2,1-2H3. The molecule has 1 aliphatic carbocycles. The van der Waals surface area contributed by atoms with Crippen LogP contribution in [0.25, 0.3) is 0 Å². The highest BCUT2D eigenvalue weighted by Gasteiger charge is 2.35. The van der Waals surface area contributed by atoms with Crippen molar-refractivity contribution in [2.75, 3.05) is 0 Å². The predicted molar refractivity (Wildman–Crippen MR) is 76.6 cm³/mol. The van der Waals surface area contributed by atoms with E-state index in [1.54, 1.807) is 11.4 Å². The molecule has 2 N–H and O–H groups in total. The Morgan fingerprint density at radius 3 is 2.79 bits per heavy atom. The maximum absolute atomic E-state index is 12.3. The monoisotopic (exact) mass is 303 g/mol. The molecule has 0 aromatic carbocycles. The van der Waals surface area contributed by atoms with Gasteiger partial charge in [0.25, 0.3) is 0 Å². The highest BCUT2D eigenvalue weighted by atomic mass is 32.2. The molecule has 1 atom stereocenters. The molecule has 2 rings (SSSR count). The molecule has 0 amide bonds. The van der Waals surface area contributed by atoms with E-state index in [9.17, 15) is 8.42 Å². The van der Waals surface area contributed by atoms with E-state index >= 15 is 0 Å². The number of thiophene rings is 1. The Kier molecular flexibility index (Phi) is 4.35. The Morgan fingerprint density at radius 1 is 1.47 bits per heavy atom. The molecule has 6 heteroatoms. The van der Waals surface area contributed by atoms with E-state index in [1.165, 1.54) is 17.8 Å². The van der Waals surface area contributed by atoms with Crippen molar-refractivity contribution in [3.63, 3.8) is 0 Å². The number of aliphatic hydroxyl groups excluding tert-OH is 1. The van der Waals surface area contributed by atoms with Gasteiger partial charge in [0.2, 0.25) is 10.0 Å². The number of aliphatic hydroxyl groups is 1. The molecule has 0 radical (unpaired) electrons. The van der Waals surface area contributed by atoms with E-state index in [0.717, 1.165) is 19.3 Å². The molecule has 1 fully saturated rings. The Labute approximate surface area is 118 Å². The first kappa shape index (κ1) is 15.0. The molecule has 0 bridgehead atoms. The Morgan fingerprint density at radius 2 is 2.21 bits per heavy atom. The smallest absolute Gasteiger partial charge is 0.241 e. The Bertz CT molecular complexity index is 534. The van der Waals surface area contributed by atoms with Gasteiger partial charge in [0.15, 0.2) is 0 Å². The zero-order valence-corrected chi connectivity index (χ0v) is 13.0. The van der Waals surface area contributed by atoms with E-state index in [0.29, 0.717) is 4.88 Å². The summed E-state index contributed by atoms with van der Waals surface area (Å²) in [5.74, 6) is 0. The van der Waals surface area contributed by atoms with Crippen LogP contribution in [0.4, 0.5) is 0 Å². The molecule has 1 aromatic heterocycles. The van der Waals surface area contributed by atoms with Crippen LogP contribution in [0.3, 0.4) is 0 Å². The van der Waals surface area contributed by atoms with Gasteiger partial charge >= 0.3 is 0 Å². The second-order valence-corrected chi connectivity index (χ2v) is 8.52. The molecule has 0 saturated heterocycles. The maximum atomic E-state index is 12.3. The molecule has 108 valence electrons. The molecule has 1 unspecified atom stereocenters. The third kappa shape index (κ3) is 3.37. The van der Waals surface area contributed by atoms with E-state index in [2.05, 4.69) is 18.6 Å². The fraction of sp³-hybridized carbons (Fsp3) is 0.692. The van der Waals surface area contributed by atoms with Crippen LogP contribution >= 0.6 is 11.3 Å². The lowest BCUT2D eigenvalue weighted by atomic mass is 9.74. The summed E-state index contributed by atoms with van der Waals surface area (Å²) >= 11 is 1.27. The van der Waals surface area contributed by atoms with E-state index < -0.39 is 10.0 Å².